The summed E-state index contributed by atoms with van der Waals surface area (Å²) in [6.45, 7) is 2.65. The molecule has 4 N–H and O–H groups in total. The predicted octanol–water partition coefficient (Wildman–Crippen LogP) is 1.48. The van der Waals surface area contributed by atoms with Gasteiger partial charge in [0.25, 0.3) is 0 Å². The van der Waals surface area contributed by atoms with Crippen LogP contribution in [0.3, 0.4) is 0 Å². The summed E-state index contributed by atoms with van der Waals surface area (Å²) in [6.07, 6.45) is 4.91. The Balaban J connectivity index is 1.98. The number of nitrogens with one attached hydrogen (secondary N) is 1. The van der Waals surface area contributed by atoms with Crippen molar-refractivity contribution in [3.63, 3.8) is 0 Å². The summed E-state index contributed by atoms with van der Waals surface area (Å²) >= 11 is 0. The molecule has 2 rings (SSSR count). The number of unbranched alkanes of at least 4 members (excludes halogenated alkanes) is 2. The van der Waals surface area contributed by atoms with E-state index in [4.69, 9.17) is 5.73 Å². The van der Waals surface area contributed by atoms with E-state index in [1.807, 2.05) is 0 Å². The third-order valence-electron chi connectivity index (χ3n) is 4.91. The molecule has 0 aliphatic carbocycles. The summed E-state index contributed by atoms with van der Waals surface area (Å²) in [5, 5.41) is 12.1. The summed E-state index contributed by atoms with van der Waals surface area (Å²) in [6, 6.07) is 4.99. The van der Waals surface area contributed by atoms with E-state index in [-0.39, 0.29) is 24.0 Å². The van der Waals surface area contributed by atoms with Gasteiger partial charge in [0.2, 0.25) is 17.7 Å². The Hall–Kier alpha value is -2.57. The zero-order valence-electron chi connectivity index (χ0n) is 15.8. The molecule has 1 aliphatic rings. The van der Waals surface area contributed by atoms with Crippen LogP contribution in [0.4, 0.5) is 0 Å². The molecule has 0 bridgehead atoms. The van der Waals surface area contributed by atoms with Gasteiger partial charge < -0.3 is 21.1 Å². The van der Waals surface area contributed by atoms with E-state index < -0.39 is 18.0 Å². The normalized spacial score (nSPS) is 17.5. The number of primary amides is 1. The maximum atomic E-state index is 12.7. The SMILES string of the molecule is CCCCCC(=O)N1CCC[C@H]1C(=O)N[C@H](Cc1ccc(O)cc1)C(N)=O. The van der Waals surface area contributed by atoms with Crippen molar-refractivity contribution in [2.45, 2.75) is 64.0 Å². The molecule has 0 aromatic heterocycles. The number of hydrogen-bond acceptors (Lipinski definition) is 4. The van der Waals surface area contributed by atoms with Crippen molar-refractivity contribution in [1.82, 2.24) is 10.2 Å². The molecular weight excluding hydrogens is 346 g/mol. The fourth-order valence-corrected chi connectivity index (χ4v) is 3.37. The van der Waals surface area contributed by atoms with E-state index in [9.17, 15) is 19.5 Å². The number of carbonyl (C=O) groups excluding carboxylic acids is 3. The standard InChI is InChI=1S/C20H29N3O4/c1-2-3-4-7-18(25)23-12-5-6-17(23)20(27)22-16(19(21)26)13-14-8-10-15(24)11-9-14/h8-11,16-17,24H,2-7,12-13H2,1H3,(H2,21,26)(H,22,27)/t16-,17+/m1/s1. The van der Waals surface area contributed by atoms with E-state index in [0.29, 0.717) is 19.4 Å². The number of aromatic hydroxyl groups is 1. The van der Waals surface area contributed by atoms with E-state index >= 15 is 0 Å². The molecule has 3 amide bonds. The first-order valence-electron chi connectivity index (χ1n) is 9.59. The van der Waals surface area contributed by atoms with Gasteiger partial charge in [0.05, 0.1) is 0 Å². The monoisotopic (exact) mass is 375 g/mol. The lowest BCUT2D eigenvalue weighted by atomic mass is 10.0. The smallest absolute Gasteiger partial charge is 0.243 e. The molecule has 0 saturated carbocycles. The van der Waals surface area contributed by atoms with E-state index in [1.54, 1.807) is 17.0 Å². The number of phenolic OH excluding ortho intramolecular Hbond substituents is 1. The highest BCUT2D eigenvalue weighted by Gasteiger charge is 2.35. The highest BCUT2D eigenvalue weighted by atomic mass is 16.3. The number of nitrogens with zero attached hydrogens (tertiary/aromatic N) is 1. The van der Waals surface area contributed by atoms with Crippen LogP contribution in [0.15, 0.2) is 24.3 Å². The highest BCUT2D eigenvalue weighted by molar-refractivity contribution is 5.92. The van der Waals surface area contributed by atoms with Crippen molar-refractivity contribution in [2.75, 3.05) is 6.54 Å². The number of rotatable bonds is 9. The molecule has 7 heteroatoms. The van der Waals surface area contributed by atoms with Gasteiger partial charge in [-0.15, -0.1) is 0 Å². The Labute approximate surface area is 159 Å². The third kappa shape index (κ3) is 5.98. The zero-order chi connectivity index (χ0) is 19.8. The summed E-state index contributed by atoms with van der Waals surface area (Å²) in [7, 11) is 0. The fraction of sp³-hybridized carbons (Fsp3) is 0.550. The van der Waals surface area contributed by atoms with Gasteiger partial charge in [0, 0.05) is 19.4 Å². The van der Waals surface area contributed by atoms with Crippen molar-refractivity contribution in [1.29, 1.82) is 0 Å². The molecule has 1 fully saturated rings. The molecule has 2 atom stereocenters. The average molecular weight is 375 g/mol. The van der Waals surface area contributed by atoms with Crippen molar-refractivity contribution < 1.29 is 19.5 Å². The maximum Gasteiger partial charge on any atom is 0.243 e. The molecule has 0 spiro atoms. The van der Waals surface area contributed by atoms with Crippen molar-refractivity contribution in [3.05, 3.63) is 29.8 Å². The van der Waals surface area contributed by atoms with Crippen LogP contribution >= 0.6 is 0 Å². The number of likely N-dealkylation sites (tertiary alicyclic amines) is 1. The third-order valence-corrected chi connectivity index (χ3v) is 4.91. The first kappa shape index (κ1) is 20.7. The van der Waals surface area contributed by atoms with Crippen LogP contribution in [0.1, 0.15) is 51.0 Å². The molecule has 1 saturated heterocycles. The molecule has 1 heterocycles. The first-order chi connectivity index (χ1) is 12.9. The molecule has 27 heavy (non-hydrogen) atoms. The summed E-state index contributed by atoms with van der Waals surface area (Å²) in [5.74, 6) is -0.842. The van der Waals surface area contributed by atoms with Gasteiger partial charge in [-0.25, -0.2) is 0 Å². The number of nitrogens with two attached hydrogens (primary N) is 1. The van der Waals surface area contributed by atoms with Gasteiger partial charge in [-0.1, -0.05) is 31.9 Å². The number of phenols is 1. The average Bonchev–Trinajstić information content (AvgIpc) is 3.13. The summed E-state index contributed by atoms with van der Waals surface area (Å²) in [4.78, 5) is 38.5. The second kappa shape index (κ2) is 9.94. The Kier molecular flexibility index (Phi) is 7.64. The van der Waals surface area contributed by atoms with Crippen LogP contribution in [-0.2, 0) is 20.8 Å². The fourth-order valence-electron chi connectivity index (χ4n) is 3.37. The van der Waals surface area contributed by atoms with Crippen LogP contribution < -0.4 is 11.1 Å². The molecule has 0 radical (unpaired) electrons. The molecular formula is C20H29N3O4. The lowest BCUT2D eigenvalue weighted by Gasteiger charge is -2.26. The van der Waals surface area contributed by atoms with Crippen LogP contribution in [0, 0.1) is 0 Å². The topological polar surface area (TPSA) is 113 Å². The highest BCUT2D eigenvalue weighted by Crippen LogP contribution is 2.20. The Morgan fingerprint density at radius 3 is 2.59 bits per heavy atom. The maximum absolute atomic E-state index is 12.7. The minimum absolute atomic E-state index is 0.00439. The van der Waals surface area contributed by atoms with E-state index in [1.165, 1.54) is 12.1 Å². The Bertz CT molecular complexity index is 660. The van der Waals surface area contributed by atoms with Crippen molar-refractivity contribution >= 4 is 17.7 Å². The minimum atomic E-state index is -0.861. The zero-order valence-corrected chi connectivity index (χ0v) is 15.8. The number of hydrogen-bond donors (Lipinski definition) is 3. The second-order valence-corrected chi connectivity index (χ2v) is 7.04. The first-order valence-corrected chi connectivity index (χ1v) is 9.59. The van der Waals surface area contributed by atoms with Gasteiger partial charge in [0.15, 0.2) is 0 Å². The van der Waals surface area contributed by atoms with E-state index in [2.05, 4.69) is 12.2 Å². The molecule has 7 nitrogen and oxygen atoms in total. The van der Waals surface area contributed by atoms with Gasteiger partial charge in [0.1, 0.15) is 17.8 Å². The lowest BCUT2D eigenvalue weighted by molar-refractivity contribution is -0.139. The Morgan fingerprint density at radius 2 is 1.96 bits per heavy atom. The Morgan fingerprint density at radius 1 is 1.26 bits per heavy atom. The summed E-state index contributed by atoms with van der Waals surface area (Å²) in [5.41, 5.74) is 6.23. The van der Waals surface area contributed by atoms with Crippen LogP contribution in [-0.4, -0.2) is 46.4 Å². The molecule has 1 aromatic carbocycles. The molecule has 1 aromatic rings. The van der Waals surface area contributed by atoms with Gasteiger partial charge >= 0.3 is 0 Å². The molecule has 148 valence electrons. The van der Waals surface area contributed by atoms with Gasteiger partial charge in [-0.05, 0) is 37.0 Å². The predicted molar refractivity (Wildman–Crippen MR) is 102 cm³/mol. The van der Waals surface area contributed by atoms with Crippen LogP contribution in [0.2, 0.25) is 0 Å². The minimum Gasteiger partial charge on any atom is -0.508 e. The summed E-state index contributed by atoms with van der Waals surface area (Å²) < 4.78 is 0. The van der Waals surface area contributed by atoms with Gasteiger partial charge in [-0.3, -0.25) is 14.4 Å². The molecule has 1 aliphatic heterocycles. The number of benzene rings is 1. The van der Waals surface area contributed by atoms with Gasteiger partial charge in [-0.2, -0.15) is 0 Å². The molecule has 0 unspecified atom stereocenters. The number of amides is 3. The largest absolute Gasteiger partial charge is 0.508 e. The van der Waals surface area contributed by atoms with E-state index in [0.717, 1.165) is 31.2 Å². The lowest BCUT2D eigenvalue weighted by Crippen LogP contribution is -2.53. The second-order valence-electron chi connectivity index (χ2n) is 7.04. The number of carbonyl (C=O) groups is 3. The quantitative estimate of drug-likeness (QED) is 0.567. The van der Waals surface area contributed by atoms with Crippen molar-refractivity contribution in [3.8, 4) is 5.75 Å². The van der Waals surface area contributed by atoms with Crippen molar-refractivity contribution in [2.24, 2.45) is 5.73 Å². The van der Waals surface area contributed by atoms with Crippen LogP contribution in [0.5, 0.6) is 5.75 Å². The van der Waals surface area contributed by atoms with Crippen LogP contribution in [0.25, 0.3) is 0 Å².